The molecule has 0 amide bonds. The van der Waals surface area contributed by atoms with Crippen molar-refractivity contribution in [3.63, 3.8) is 0 Å². The molecule has 2 aliphatic rings. The minimum atomic E-state index is -4.48. The summed E-state index contributed by atoms with van der Waals surface area (Å²) in [5.74, 6) is 0.354. The van der Waals surface area contributed by atoms with Crippen molar-refractivity contribution < 1.29 is 13.2 Å². The van der Waals surface area contributed by atoms with Gasteiger partial charge in [-0.15, -0.1) is 0 Å². The number of hydrogen-bond acceptors (Lipinski definition) is 6. The van der Waals surface area contributed by atoms with Gasteiger partial charge in [-0.05, 0) is 25.7 Å². The second-order valence-electron chi connectivity index (χ2n) is 7.69. The Balaban J connectivity index is 1.45. The van der Waals surface area contributed by atoms with Crippen molar-refractivity contribution in [3.05, 3.63) is 46.5 Å². The molecule has 0 bridgehead atoms. The summed E-state index contributed by atoms with van der Waals surface area (Å²) in [4.78, 5) is 28.1. The van der Waals surface area contributed by atoms with E-state index in [-0.39, 0.29) is 17.6 Å². The smallest absolute Gasteiger partial charge is 0.350 e. The van der Waals surface area contributed by atoms with Gasteiger partial charge in [-0.1, -0.05) is 0 Å². The molecule has 1 aliphatic carbocycles. The number of rotatable bonds is 5. The summed E-state index contributed by atoms with van der Waals surface area (Å²) >= 11 is 0. The maximum atomic E-state index is 13.1. The maximum absolute atomic E-state index is 13.1. The Hall–Kier alpha value is -2.49. The highest BCUT2D eigenvalue weighted by molar-refractivity contribution is 5.44. The van der Waals surface area contributed by atoms with E-state index in [1.165, 1.54) is 4.57 Å². The summed E-state index contributed by atoms with van der Waals surface area (Å²) in [6.45, 7) is 1.99. The third kappa shape index (κ3) is 4.42. The number of hydrogen-bond donors (Lipinski definition) is 0. The molecule has 4 rings (SSSR count). The number of aromatic nitrogens is 4. The van der Waals surface area contributed by atoms with Gasteiger partial charge in [0.1, 0.15) is 23.5 Å². The zero-order chi connectivity index (χ0) is 20.6. The Kier molecular flexibility index (Phi) is 5.28. The lowest BCUT2D eigenvalue weighted by atomic mass is 10.0. The highest BCUT2D eigenvalue weighted by atomic mass is 19.4. The molecule has 7 nitrogen and oxygen atoms in total. The van der Waals surface area contributed by atoms with Crippen LogP contribution >= 0.6 is 0 Å². The molecule has 2 aromatic rings. The van der Waals surface area contributed by atoms with Gasteiger partial charge in [0.15, 0.2) is 0 Å². The van der Waals surface area contributed by atoms with Gasteiger partial charge in [-0.25, -0.2) is 9.97 Å². The molecule has 10 heteroatoms. The van der Waals surface area contributed by atoms with Gasteiger partial charge in [0.05, 0.1) is 0 Å². The van der Waals surface area contributed by atoms with Crippen LogP contribution in [-0.4, -0.2) is 49.6 Å². The molecule has 3 heterocycles. The second kappa shape index (κ2) is 7.74. The highest BCUT2D eigenvalue weighted by Gasteiger charge is 2.39. The number of anilines is 1. The lowest BCUT2D eigenvalue weighted by molar-refractivity contribution is -0.141. The summed E-state index contributed by atoms with van der Waals surface area (Å²) in [6, 6.07) is 1.43. The molecule has 2 aromatic heterocycles. The lowest BCUT2D eigenvalue weighted by Crippen LogP contribution is -2.46. The van der Waals surface area contributed by atoms with Gasteiger partial charge in [0, 0.05) is 57.2 Å². The first-order valence-corrected chi connectivity index (χ1v) is 9.73. The Morgan fingerprint density at radius 2 is 1.79 bits per heavy atom. The van der Waals surface area contributed by atoms with E-state index in [1.54, 1.807) is 19.4 Å². The molecule has 1 saturated carbocycles. The topological polar surface area (TPSA) is 67.2 Å². The van der Waals surface area contributed by atoms with Crippen molar-refractivity contribution in [2.45, 2.75) is 50.5 Å². The second-order valence-corrected chi connectivity index (χ2v) is 7.69. The van der Waals surface area contributed by atoms with Crippen LogP contribution in [0, 0.1) is 0 Å². The Morgan fingerprint density at radius 1 is 1.10 bits per heavy atom. The molecular weight excluding hydrogens is 385 g/mol. The zero-order valence-corrected chi connectivity index (χ0v) is 16.1. The van der Waals surface area contributed by atoms with E-state index in [4.69, 9.17) is 0 Å². The molecule has 0 atom stereocenters. The quantitative estimate of drug-likeness (QED) is 0.756. The van der Waals surface area contributed by atoms with Crippen LogP contribution in [0.3, 0.4) is 0 Å². The normalized spacial score (nSPS) is 18.8. The van der Waals surface area contributed by atoms with Crippen molar-refractivity contribution in [3.8, 4) is 0 Å². The Morgan fingerprint density at radius 3 is 2.45 bits per heavy atom. The molecule has 0 unspecified atom stereocenters. The summed E-state index contributed by atoms with van der Waals surface area (Å²) in [5.41, 5.74) is -0.496. The molecule has 0 spiro atoms. The number of aryl methyl sites for hydroxylation is 1. The van der Waals surface area contributed by atoms with E-state index in [0.29, 0.717) is 18.1 Å². The van der Waals surface area contributed by atoms with E-state index in [2.05, 4.69) is 19.9 Å². The van der Waals surface area contributed by atoms with Crippen molar-refractivity contribution in [1.82, 2.24) is 24.4 Å². The fraction of sp³-hybridized carbons (Fsp3) is 0.579. The van der Waals surface area contributed by atoms with Gasteiger partial charge in [0.25, 0.3) is 5.56 Å². The van der Waals surface area contributed by atoms with Gasteiger partial charge in [-0.3, -0.25) is 14.7 Å². The number of nitrogens with zero attached hydrogens (tertiary/aromatic N) is 6. The molecule has 1 aliphatic heterocycles. The highest BCUT2D eigenvalue weighted by Crippen LogP contribution is 2.37. The minimum Gasteiger partial charge on any atom is -0.350 e. The monoisotopic (exact) mass is 408 g/mol. The predicted octanol–water partition coefficient (Wildman–Crippen LogP) is 2.22. The molecule has 0 aromatic carbocycles. The summed E-state index contributed by atoms with van der Waals surface area (Å²) in [6.07, 6.45) is 3.30. The van der Waals surface area contributed by atoms with Crippen LogP contribution in [0.15, 0.2) is 29.6 Å². The summed E-state index contributed by atoms with van der Waals surface area (Å²) in [7, 11) is 1.70. The first-order chi connectivity index (χ1) is 13.8. The Bertz CT molecular complexity index is 919. The first kappa shape index (κ1) is 19.8. The number of alkyl halides is 3. The molecule has 156 valence electrons. The summed E-state index contributed by atoms with van der Waals surface area (Å²) in [5, 5.41) is 0. The van der Waals surface area contributed by atoms with Crippen molar-refractivity contribution in [1.29, 1.82) is 0 Å². The van der Waals surface area contributed by atoms with Gasteiger partial charge in [0.2, 0.25) is 0 Å². The zero-order valence-electron chi connectivity index (χ0n) is 16.1. The Labute approximate surface area is 166 Å². The largest absolute Gasteiger partial charge is 0.433 e. The van der Waals surface area contributed by atoms with E-state index in [1.807, 2.05) is 4.90 Å². The van der Waals surface area contributed by atoms with E-state index >= 15 is 0 Å². The van der Waals surface area contributed by atoms with Gasteiger partial charge in [-0.2, -0.15) is 13.2 Å². The number of likely N-dealkylation sites (tertiary alicyclic amines) is 1. The average molecular weight is 408 g/mol. The number of piperidine rings is 1. The van der Waals surface area contributed by atoms with Crippen LogP contribution in [0.5, 0.6) is 0 Å². The fourth-order valence-corrected chi connectivity index (χ4v) is 3.89. The van der Waals surface area contributed by atoms with E-state index in [9.17, 15) is 18.0 Å². The molecule has 2 fully saturated rings. The van der Waals surface area contributed by atoms with Crippen LogP contribution in [0.25, 0.3) is 0 Å². The van der Waals surface area contributed by atoms with Crippen molar-refractivity contribution in [2.24, 2.45) is 7.05 Å². The average Bonchev–Trinajstić information content (AvgIpc) is 3.52. The van der Waals surface area contributed by atoms with Crippen molar-refractivity contribution in [2.75, 3.05) is 18.0 Å². The van der Waals surface area contributed by atoms with E-state index in [0.717, 1.165) is 51.2 Å². The molecule has 29 heavy (non-hydrogen) atoms. The third-order valence-corrected chi connectivity index (χ3v) is 5.56. The molecular formula is C19H23F3N6O. The minimum absolute atomic E-state index is 0.102. The first-order valence-electron chi connectivity index (χ1n) is 9.73. The lowest BCUT2D eigenvalue weighted by Gasteiger charge is -2.39. The van der Waals surface area contributed by atoms with Crippen LogP contribution in [0.1, 0.15) is 37.1 Å². The van der Waals surface area contributed by atoms with Crippen LogP contribution in [0.2, 0.25) is 0 Å². The van der Waals surface area contributed by atoms with Crippen LogP contribution in [-0.2, 0) is 19.8 Å². The molecule has 0 radical (unpaired) electrons. The summed E-state index contributed by atoms with van der Waals surface area (Å²) < 4.78 is 40.7. The maximum Gasteiger partial charge on any atom is 0.433 e. The standard InChI is InChI=1S/C19H23F3N6O/c1-26-9-6-23-15(18(26)29)11-27-7-4-14(5-8-27)28(13-2-3-13)17-10-16(19(20,21)22)24-12-25-17/h6,9-10,12-14H,2-5,7-8,11H2,1H3. The molecule has 0 N–H and O–H groups in total. The third-order valence-electron chi connectivity index (χ3n) is 5.56. The fourth-order valence-electron chi connectivity index (χ4n) is 3.89. The van der Waals surface area contributed by atoms with Crippen LogP contribution < -0.4 is 10.5 Å². The van der Waals surface area contributed by atoms with Crippen LogP contribution in [0.4, 0.5) is 19.0 Å². The predicted molar refractivity (Wildman–Crippen MR) is 100 cm³/mol. The molecule has 1 saturated heterocycles. The van der Waals surface area contributed by atoms with Crippen molar-refractivity contribution >= 4 is 5.82 Å². The SMILES string of the molecule is Cn1ccnc(CN2CCC(N(c3cc(C(F)(F)F)ncn3)C3CC3)CC2)c1=O. The number of halogens is 3. The van der Waals surface area contributed by atoms with Gasteiger partial charge >= 0.3 is 6.18 Å². The van der Waals surface area contributed by atoms with Gasteiger partial charge < -0.3 is 9.47 Å². The van der Waals surface area contributed by atoms with E-state index < -0.39 is 11.9 Å².